The fourth-order valence-corrected chi connectivity index (χ4v) is 5.30. The molecule has 1 aliphatic heterocycles. The molecule has 0 bridgehead atoms. The van der Waals surface area contributed by atoms with E-state index in [4.69, 9.17) is 0 Å². The molecule has 1 aromatic rings. The van der Waals surface area contributed by atoms with Crippen LogP contribution in [0.4, 0.5) is 4.39 Å². The van der Waals surface area contributed by atoms with Crippen LogP contribution in [0, 0.1) is 5.82 Å². The Hall–Kier alpha value is -1.43. The van der Waals surface area contributed by atoms with Crippen molar-refractivity contribution in [1.82, 2.24) is 5.32 Å². The summed E-state index contributed by atoms with van der Waals surface area (Å²) in [6.45, 7) is 0. The first-order valence-corrected chi connectivity index (χ1v) is 9.51. The molecule has 1 saturated heterocycles. The Bertz CT molecular complexity index is 663. The van der Waals surface area contributed by atoms with Gasteiger partial charge in [-0.15, -0.1) is 0 Å². The topological polar surface area (TPSA) is 63.2 Å². The molecule has 2 fully saturated rings. The second-order valence-electron chi connectivity index (χ2n) is 6.37. The maximum absolute atomic E-state index is 13.1. The van der Waals surface area contributed by atoms with Crippen LogP contribution in [0.15, 0.2) is 24.3 Å². The first-order valence-electron chi connectivity index (χ1n) is 7.69. The van der Waals surface area contributed by atoms with Gasteiger partial charge >= 0.3 is 0 Å². The van der Waals surface area contributed by atoms with Gasteiger partial charge in [0.05, 0.1) is 16.9 Å². The molecule has 1 aliphatic carbocycles. The Kier molecular flexibility index (Phi) is 3.97. The summed E-state index contributed by atoms with van der Waals surface area (Å²) in [6, 6.07) is 5.80. The lowest BCUT2D eigenvalue weighted by Gasteiger charge is -2.29. The Balaban J connectivity index is 1.81. The fourth-order valence-electron chi connectivity index (χ4n) is 3.63. The maximum Gasteiger partial charge on any atom is 0.230 e. The molecule has 4 nitrogen and oxygen atoms in total. The van der Waals surface area contributed by atoms with E-state index in [1.54, 1.807) is 12.1 Å². The third kappa shape index (κ3) is 2.89. The molecule has 1 saturated carbocycles. The second kappa shape index (κ2) is 5.65. The van der Waals surface area contributed by atoms with Gasteiger partial charge < -0.3 is 5.32 Å². The highest BCUT2D eigenvalue weighted by molar-refractivity contribution is 7.91. The lowest BCUT2D eigenvalue weighted by Crippen LogP contribution is -2.47. The lowest BCUT2D eigenvalue weighted by molar-refractivity contribution is -0.127. The normalized spacial score (nSPS) is 26.0. The first-order chi connectivity index (χ1) is 10.4. The molecule has 1 N–H and O–H groups in total. The number of benzene rings is 1. The van der Waals surface area contributed by atoms with Crippen molar-refractivity contribution >= 4 is 15.7 Å². The van der Waals surface area contributed by atoms with Crippen LogP contribution < -0.4 is 5.32 Å². The van der Waals surface area contributed by atoms with E-state index < -0.39 is 15.3 Å². The molecule has 2 aliphatic rings. The van der Waals surface area contributed by atoms with Crippen LogP contribution in [0.1, 0.15) is 37.7 Å². The molecule has 1 aromatic carbocycles. The molecule has 3 rings (SSSR count). The van der Waals surface area contributed by atoms with Gasteiger partial charge in [0.25, 0.3) is 0 Å². The number of hydrogen-bond donors (Lipinski definition) is 1. The van der Waals surface area contributed by atoms with E-state index in [1.165, 1.54) is 12.1 Å². The van der Waals surface area contributed by atoms with Crippen molar-refractivity contribution < 1.29 is 17.6 Å². The highest BCUT2D eigenvalue weighted by Crippen LogP contribution is 2.41. The van der Waals surface area contributed by atoms with E-state index in [0.717, 1.165) is 31.2 Å². The van der Waals surface area contributed by atoms with E-state index in [9.17, 15) is 17.6 Å². The van der Waals surface area contributed by atoms with Gasteiger partial charge in [0.15, 0.2) is 9.84 Å². The van der Waals surface area contributed by atoms with E-state index >= 15 is 0 Å². The van der Waals surface area contributed by atoms with Crippen molar-refractivity contribution in [2.75, 3.05) is 11.5 Å². The Labute approximate surface area is 130 Å². The lowest BCUT2D eigenvalue weighted by atomic mass is 9.78. The summed E-state index contributed by atoms with van der Waals surface area (Å²) in [5.41, 5.74) is 0.185. The smallest absolute Gasteiger partial charge is 0.230 e. The van der Waals surface area contributed by atoms with Crippen LogP contribution in [0.3, 0.4) is 0 Å². The number of halogens is 1. The third-order valence-electron chi connectivity index (χ3n) is 4.86. The van der Waals surface area contributed by atoms with Gasteiger partial charge in [-0.25, -0.2) is 12.8 Å². The molecular weight excluding hydrogens is 305 g/mol. The molecule has 1 unspecified atom stereocenters. The van der Waals surface area contributed by atoms with Gasteiger partial charge in [0.2, 0.25) is 5.91 Å². The van der Waals surface area contributed by atoms with Crippen molar-refractivity contribution in [2.24, 2.45) is 0 Å². The summed E-state index contributed by atoms with van der Waals surface area (Å²) in [7, 11) is -3.02. The van der Waals surface area contributed by atoms with Crippen molar-refractivity contribution in [3.05, 3.63) is 35.6 Å². The van der Waals surface area contributed by atoms with Crippen LogP contribution >= 0.6 is 0 Å². The highest BCUT2D eigenvalue weighted by Gasteiger charge is 2.44. The molecule has 1 heterocycles. The van der Waals surface area contributed by atoms with Crippen molar-refractivity contribution in [2.45, 2.75) is 43.6 Å². The average molecular weight is 325 g/mol. The number of carbonyl (C=O) groups is 1. The fraction of sp³-hybridized carbons (Fsp3) is 0.562. The zero-order valence-corrected chi connectivity index (χ0v) is 13.2. The third-order valence-corrected chi connectivity index (χ3v) is 6.62. The monoisotopic (exact) mass is 325 g/mol. The largest absolute Gasteiger partial charge is 0.352 e. The van der Waals surface area contributed by atoms with Gasteiger partial charge in [-0.05, 0) is 37.0 Å². The van der Waals surface area contributed by atoms with Crippen molar-refractivity contribution in [1.29, 1.82) is 0 Å². The van der Waals surface area contributed by atoms with Gasteiger partial charge in [0, 0.05) is 6.04 Å². The second-order valence-corrected chi connectivity index (χ2v) is 8.60. The predicted octanol–water partition coefficient (Wildman–Crippen LogP) is 1.94. The summed E-state index contributed by atoms with van der Waals surface area (Å²) >= 11 is 0. The average Bonchev–Trinajstić information content (AvgIpc) is 3.07. The molecule has 6 heteroatoms. The molecule has 0 spiro atoms. The molecule has 1 atom stereocenters. The van der Waals surface area contributed by atoms with Crippen LogP contribution in [0.2, 0.25) is 0 Å². The molecule has 22 heavy (non-hydrogen) atoms. The number of amides is 1. The summed E-state index contributed by atoms with van der Waals surface area (Å²) in [6.07, 6.45) is 3.84. The molecule has 1 amide bonds. The van der Waals surface area contributed by atoms with E-state index in [2.05, 4.69) is 5.32 Å². The van der Waals surface area contributed by atoms with E-state index in [0.29, 0.717) is 6.42 Å². The summed E-state index contributed by atoms with van der Waals surface area (Å²) in [5, 5.41) is 2.92. The zero-order chi connectivity index (χ0) is 15.8. The highest BCUT2D eigenvalue weighted by atomic mass is 32.2. The summed E-state index contributed by atoms with van der Waals surface area (Å²) < 4.78 is 36.2. The standard InChI is InChI=1S/C16H20FNO3S/c17-13-5-3-12(4-6-13)16(8-1-2-9-16)15(19)18-14-7-10-22(20,21)11-14/h3-6,14H,1-2,7-11H2,(H,18,19). The molecule has 120 valence electrons. The predicted molar refractivity (Wildman–Crippen MR) is 81.7 cm³/mol. The van der Waals surface area contributed by atoms with Gasteiger partial charge in [-0.3, -0.25) is 4.79 Å². The van der Waals surface area contributed by atoms with Crippen LogP contribution in [-0.4, -0.2) is 31.9 Å². The molecule has 0 aromatic heterocycles. The Morgan fingerprint density at radius 1 is 1.18 bits per heavy atom. The maximum atomic E-state index is 13.1. The van der Waals surface area contributed by atoms with Gasteiger partial charge in [0.1, 0.15) is 5.82 Å². The van der Waals surface area contributed by atoms with Crippen molar-refractivity contribution in [3.8, 4) is 0 Å². The van der Waals surface area contributed by atoms with E-state index in [-0.39, 0.29) is 29.3 Å². The number of sulfone groups is 1. The number of rotatable bonds is 3. The Morgan fingerprint density at radius 2 is 1.82 bits per heavy atom. The van der Waals surface area contributed by atoms with Crippen LogP contribution in [0.25, 0.3) is 0 Å². The van der Waals surface area contributed by atoms with Crippen LogP contribution in [0.5, 0.6) is 0 Å². The van der Waals surface area contributed by atoms with E-state index in [1.807, 2.05) is 0 Å². The first kappa shape index (κ1) is 15.5. The summed E-state index contributed by atoms with van der Waals surface area (Å²) in [4.78, 5) is 12.8. The minimum Gasteiger partial charge on any atom is -0.352 e. The minimum atomic E-state index is -3.02. The summed E-state index contributed by atoms with van der Waals surface area (Å²) in [5.74, 6) is -0.266. The number of hydrogen-bond acceptors (Lipinski definition) is 3. The van der Waals surface area contributed by atoms with Crippen LogP contribution in [-0.2, 0) is 20.0 Å². The quantitative estimate of drug-likeness (QED) is 0.924. The SMILES string of the molecule is O=C(NC1CCS(=O)(=O)C1)C1(c2ccc(F)cc2)CCCC1. The van der Waals surface area contributed by atoms with Gasteiger partial charge in [-0.1, -0.05) is 25.0 Å². The molecule has 0 radical (unpaired) electrons. The van der Waals surface area contributed by atoms with Crippen molar-refractivity contribution in [3.63, 3.8) is 0 Å². The number of nitrogens with one attached hydrogen (secondary N) is 1. The molecular formula is C16H20FNO3S. The van der Waals surface area contributed by atoms with Gasteiger partial charge in [-0.2, -0.15) is 0 Å². The number of carbonyl (C=O) groups excluding carboxylic acids is 1. The minimum absolute atomic E-state index is 0.0260. The Morgan fingerprint density at radius 3 is 2.36 bits per heavy atom. The zero-order valence-electron chi connectivity index (χ0n) is 12.3.